The van der Waals surface area contributed by atoms with Gasteiger partial charge in [-0.15, -0.1) is 0 Å². The summed E-state index contributed by atoms with van der Waals surface area (Å²) in [6, 6.07) is 17.4. The number of nitrogens with zero attached hydrogens (tertiary/aromatic N) is 1. The highest BCUT2D eigenvalue weighted by atomic mass is 35.5. The van der Waals surface area contributed by atoms with Crippen LogP contribution in [0.4, 0.5) is 11.4 Å². The third-order valence-electron chi connectivity index (χ3n) is 3.61. The average Bonchev–Trinajstić information content (AvgIpc) is 2.69. The molecule has 0 fully saturated rings. The van der Waals surface area contributed by atoms with Crippen LogP contribution < -0.4 is 10.6 Å². The highest BCUT2D eigenvalue weighted by molar-refractivity contribution is 6.30. The summed E-state index contributed by atoms with van der Waals surface area (Å²) in [5.74, 6) is -0.508. The van der Waals surface area contributed by atoms with Crippen molar-refractivity contribution < 1.29 is 9.59 Å². The monoisotopic (exact) mass is 377 g/mol. The molecule has 0 spiro atoms. The van der Waals surface area contributed by atoms with E-state index < -0.39 is 0 Å². The van der Waals surface area contributed by atoms with E-state index in [-0.39, 0.29) is 11.8 Å². The van der Waals surface area contributed by atoms with Crippen molar-refractivity contribution in [2.45, 2.75) is 0 Å². The Morgan fingerprint density at radius 3 is 2.33 bits per heavy atom. The minimum Gasteiger partial charge on any atom is -0.323 e. The number of amides is 2. The highest BCUT2D eigenvalue weighted by Gasteiger charge is 2.06. The lowest BCUT2D eigenvalue weighted by Gasteiger charge is -2.07. The largest absolute Gasteiger partial charge is 0.323 e. The Morgan fingerprint density at radius 1 is 0.926 bits per heavy atom. The number of benzene rings is 2. The van der Waals surface area contributed by atoms with Crippen LogP contribution in [0, 0.1) is 0 Å². The molecule has 27 heavy (non-hydrogen) atoms. The molecule has 3 aromatic rings. The van der Waals surface area contributed by atoms with Gasteiger partial charge >= 0.3 is 0 Å². The van der Waals surface area contributed by atoms with Gasteiger partial charge in [0.2, 0.25) is 5.91 Å². The summed E-state index contributed by atoms with van der Waals surface area (Å²) in [7, 11) is 0. The van der Waals surface area contributed by atoms with E-state index in [1.54, 1.807) is 60.8 Å². The molecule has 0 bridgehead atoms. The Labute approximate surface area is 161 Å². The predicted octanol–water partition coefficient (Wildman–Crippen LogP) is 4.64. The lowest BCUT2D eigenvalue weighted by atomic mass is 10.2. The van der Waals surface area contributed by atoms with E-state index in [0.717, 1.165) is 5.56 Å². The number of hydrogen-bond acceptors (Lipinski definition) is 3. The second kappa shape index (κ2) is 8.78. The highest BCUT2D eigenvalue weighted by Crippen LogP contribution is 2.15. The van der Waals surface area contributed by atoms with E-state index in [1.165, 1.54) is 12.3 Å². The zero-order valence-corrected chi connectivity index (χ0v) is 15.0. The molecule has 0 aliphatic carbocycles. The number of rotatable bonds is 5. The van der Waals surface area contributed by atoms with Crippen molar-refractivity contribution in [3.8, 4) is 0 Å². The van der Waals surface area contributed by atoms with E-state index in [1.807, 2.05) is 12.1 Å². The van der Waals surface area contributed by atoms with Crippen LogP contribution in [0.1, 0.15) is 15.9 Å². The van der Waals surface area contributed by atoms with Crippen molar-refractivity contribution in [3.05, 3.63) is 95.3 Å². The Morgan fingerprint density at radius 2 is 1.67 bits per heavy atom. The van der Waals surface area contributed by atoms with Crippen molar-refractivity contribution in [1.29, 1.82) is 0 Å². The van der Waals surface area contributed by atoms with Crippen LogP contribution in [0.3, 0.4) is 0 Å². The van der Waals surface area contributed by atoms with Crippen molar-refractivity contribution in [3.63, 3.8) is 0 Å². The molecule has 2 aromatic carbocycles. The first-order valence-electron chi connectivity index (χ1n) is 8.16. The summed E-state index contributed by atoms with van der Waals surface area (Å²) in [6.45, 7) is 0. The standard InChI is InChI=1S/C21H16ClN3O2/c22-17-5-1-3-15(13-17)6-11-20(26)24-18-7-9-19(10-8-18)25-21(27)16-4-2-12-23-14-16/h1-14H,(H,24,26)(H,25,27)/b11-6+. The number of nitrogens with one attached hydrogen (secondary N) is 2. The third kappa shape index (κ3) is 5.52. The zero-order valence-electron chi connectivity index (χ0n) is 14.2. The summed E-state index contributed by atoms with van der Waals surface area (Å²) in [4.78, 5) is 28.0. The predicted molar refractivity (Wildman–Crippen MR) is 108 cm³/mol. The molecular formula is C21H16ClN3O2. The van der Waals surface area contributed by atoms with Crippen molar-refractivity contribution in [2.24, 2.45) is 0 Å². The van der Waals surface area contributed by atoms with Gasteiger partial charge in [-0.3, -0.25) is 14.6 Å². The molecule has 134 valence electrons. The maximum absolute atomic E-state index is 12.1. The molecule has 0 aliphatic heterocycles. The fourth-order valence-electron chi connectivity index (χ4n) is 2.30. The van der Waals surface area contributed by atoms with Gasteiger partial charge in [0, 0.05) is 34.9 Å². The molecule has 2 amide bonds. The van der Waals surface area contributed by atoms with E-state index in [2.05, 4.69) is 15.6 Å². The van der Waals surface area contributed by atoms with Crippen LogP contribution in [-0.2, 0) is 4.79 Å². The smallest absolute Gasteiger partial charge is 0.257 e. The second-order valence-corrected chi connectivity index (χ2v) is 6.09. The summed E-state index contributed by atoms with van der Waals surface area (Å²) in [6.07, 6.45) is 6.22. The van der Waals surface area contributed by atoms with Gasteiger partial charge in [0.25, 0.3) is 5.91 Å². The van der Waals surface area contributed by atoms with Gasteiger partial charge in [-0.05, 0) is 60.2 Å². The second-order valence-electron chi connectivity index (χ2n) is 5.65. The van der Waals surface area contributed by atoms with E-state index >= 15 is 0 Å². The summed E-state index contributed by atoms with van der Waals surface area (Å²) < 4.78 is 0. The van der Waals surface area contributed by atoms with Gasteiger partial charge in [-0.25, -0.2) is 0 Å². The number of aromatic nitrogens is 1. The maximum Gasteiger partial charge on any atom is 0.257 e. The van der Waals surface area contributed by atoms with Crippen molar-refractivity contribution in [1.82, 2.24) is 4.98 Å². The number of carbonyl (C=O) groups excluding carboxylic acids is 2. The van der Waals surface area contributed by atoms with Gasteiger partial charge < -0.3 is 10.6 Å². The molecule has 2 N–H and O–H groups in total. The van der Waals surface area contributed by atoms with E-state index in [0.29, 0.717) is 22.0 Å². The van der Waals surface area contributed by atoms with Crippen molar-refractivity contribution >= 4 is 40.9 Å². The summed E-state index contributed by atoms with van der Waals surface area (Å²) in [5, 5.41) is 6.14. The molecule has 0 radical (unpaired) electrons. The molecule has 5 nitrogen and oxygen atoms in total. The Hall–Kier alpha value is -3.44. The Balaban J connectivity index is 1.57. The first-order chi connectivity index (χ1) is 13.1. The molecule has 0 atom stereocenters. The molecule has 6 heteroatoms. The number of halogens is 1. The number of pyridine rings is 1. The minimum atomic E-state index is -0.262. The average molecular weight is 378 g/mol. The molecule has 0 saturated carbocycles. The van der Waals surface area contributed by atoms with Crippen LogP contribution in [0.2, 0.25) is 5.02 Å². The topological polar surface area (TPSA) is 71.1 Å². The van der Waals surface area contributed by atoms with Crippen LogP contribution in [-0.4, -0.2) is 16.8 Å². The molecule has 3 rings (SSSR count). The van der Waals surface area contributed by atoms with Gasteiger partial charge in [-0.1, -0.05) is 23.7 Å². The van der Waals surface area contributed by atoms with E-state index in [9.17, 15) is 9.59 Å². The van der Waals surface area contributed by atoms with Crippen molar-refractivity contribution in [2.75, 3.05) is 10.6 Å². The molecule has 0 aliphatic rings. The van der Waals surface area contributed by atoms with Crippen LogP contribution in [0.15, 0.2) is 79.1 Å². The Bertz CT molecular complexity index is 970. The number of anilines is 2. The number of carbonyl (C=O) groups is 2. The number of hydrogen-bond donors (Lipinski definition) is 2. The zero-order chi connectivity index (χ0) is 19.1. The minimum absolute atomic E-state index is 0.246. The normalized spacial score (nSPS) is 10.6. The summed E-state index contributed by atoms with van der Waals surface area (Å²) in [5.41, 5.74) is 2.55. The maximum atomic E-state index is 12.1. The van der Waals surface area contributed by atoms with Crippen LogP contribution in [0.5, 0.6) is 0 Å². The first-order valence-corrected chi connectivity index (χ1v) is 8.54. The molecular weight excluding hydrogens is 362 g/mol. The fourth-order valence-corrected chi connectivity index (χ4v) is 2.50. The van der Waals surface area contributed by atoms with Gasteiger partial charge in [0.15, 0.2) is 0 Å². The third-order valence-corrected chi connectivity index (χ3v) is 3.84. The molecule has 0 unspecified atom stereocenters. The quantitative estimate of drug-likeness (QED) is 0.636. The lowest BCUT2D eigenvalue weighted by molar-refractivity contribution is -0.111. The Kier molecular flexibility index (Phi) is 5.97. The van der Waals surface area contributed by atoms with Crippen LogP contribution in [0.25, 0.3) is 6.08 Å². The first kappa shape index (κ1) is 18.4. The van der Waals surface area contributed by atoms with Gasteiger partial charge in [0.1, 0.15) is 0 Å². The fraction of sp³-hybridized carbons (Fsp3) is 0. The van der Waals surface area contributed by atoms with Gasteiger partial charge in [0.05, 0.1) is 5.56 Å². The molecule has 0 saturated heterocycles. The molecule has 1 aromatic heterocycles. The van der Waals surface area contributed by atoms with Gasteiger partial charge in [-0.2, -0.15) is 0 Å². The molecule has 1 heterocycles. The summed E-state index contributed by atoms with van der Waals surface area (Å²) >= 11 is 5.91. The van der Waals surface area contributed by atoms with E-state index in [4.69, 9.17) is 11.6 Å². The van der Waals surface area contributed by atoms with Crippen LogP contribution >= 0.6 is 11.6 Å². The SMILES string of the molecule is O=C(/C=C/c1cccc(Cl)c1)Nc1ccc(NC(=O)c2cccnc2)cc1. The lowest BCUT2D eigenvalue weighted by Crippen LogP contribution is -2.12.